The summed E-state index contributed by atoms with van der Waals surface area (Å²) in [5.74, 6) is -0.361. The Balaban J connectivity index is 1.77. The van der Waals surface area contributed by atoms with Gasteiger partial charge < -0.3 is 0 Å². The molecule has 0 aliphatic carbocycles. The molecular weight excluding hydrogens is 452 g/mol. The molecule has 0 aliphatic heterocycles. The summed E-state index contributed by atoms with van der Waals surface area (Å²) in [5.41, 5.74) is 5.98. The number of rotatable bonds is 4. The van der Waals surface area contributed by atoms with Crippen molar-refractivity contribution in [3.63, 3.8) is 0 Å². The summed E-state index contributed by atoms with van der Waals surface area (Å²) < 4.78 is 1.64. The van der Waals surface area contributed by atoms with Gasteiger partial charge in [-0.2, -0.15) is 0 Å². The summed E-state index contributed by atoms with van der Waals surface area (Å²) in [6.45, 7) is 2.01. The van der Waals surface area contributed by atoms with Gasteiger partial charge in [-0.05, 0) is 57.0 Å². The normalized spacial score (nSPS) is 10.3. The van der Waals surface area contributed by atoms with E-state index in [0.29, 0.717) is 4.88 Å². The van der Waals surface area contributed by atoms with E-state index in [1.54, 1.807) is 6.07 Å². The maximum absolute atomic E-state index is 11.9. The predicted molar refractivity (Wildman–Crippen MR) is 97.2 cm³/mol. The SMILES string of the molecule is Cc1ccc(SCC(=O)NNC(=O)c2cc(Br)c(Br)s2)cc1. The van der Waals surface area contributed by atoms with Crippen LogP contribution in [0.4, 0.5) is 0 Å². The fraction of sp³-hybridized carbons (Fsp3) is 0.143. The summed E-state index contributed by atoms with van der Waals surface area (Å²) >= 11 is 9.34. The van der Waals surface area contributed by atoms with E-state index in [1.165, 1.54) is 28.7 Å². The molecule has 0 aliphatic rings. The molecule has 0 radical (unpaired) electrons. The number of thioether (sulfide) groups is 1. The van der Waals surface area contributed by atoms with Crippen LogP contribution < -0.4 is 10.9 Å². The summed E-state index contributed by atoms with van der Waals surface area (Å²) in [5, 5.41) is 0. The van der Waals surface area contributed by atoms with Gasteiger partial charge in [0.2, 0.25) is 5.91 Å². The van der Waals surface area contributed by atoms with E-state index in [-0.39, 0.29) is 17.6 Å². The highest BCUT2D eigenvalue weighted by Crippen LogP contribution is 2.32. The second kappa shape index (κ2) is 8.14. The van der Waals surface area contributed by atoms with Crippen LogP contribution in [0.25, 0.3) is 0 Å². The molecule has 0 fully saturated rings. The molecule has 0 saturated carbocycles. The highest BCUT2D eigenvalue weighted by Gasteiger charge is 2.12. The number of hydrogen-bond acceptors (Lipinski definition) is 4. The molecule has 1 aromatic heterocycles. The Hall–Kier alpha value is -0.830. The lowest BCUT2D eigenvalue weighted by atomic mass is 10.2. The summed E-state index contributed by atoms with van der Waals surface area (Å²) in [4.78, 5) is 25.1. The number of aryl methyl sites for hydroxylation is 1. The first-order valence-corrected chi connectivity index (χ1v) is 9.58. The lowest BCUT2D eigenvalue weighted by Gasteiger charge is -2.06. The predicted octanol–water partition coefficient (Wildman–Crippen LogP) is 4.13. The molecule has 4 nitrogen and oxygen atoms in total. The van der Waals surface area contributed by atoms with Crippen LogP contribution in [-0.2, 0) is 4.79 Å². The van der Waals surface area contributed by atoms with Crippen molar-refractivity contribution in [3.05, 3.63) is 49.0 Å². The van der Waals surface area contributed by atoms with Crippen molar-refractivity contribution in [2.45, 2.75) is 11.8 Å². The smallest absolute Gasteiger partial charge is 0.272 e. The number of carbonyl (C=O) groups excluding carboxylic acids is 2. The fourth-order valence-electron chi connectivity index (χ4n) is 1.47. The van der Waals surface area contributed by atoms with Crippen molar-refractivity contribution in [2.24, 2.45) is 0 Å². The van der Waals surface area contributed by atoms with Crippen LogP contribution in [0.3, 0.4) is 0 Å². The van der Waals surface area contributed by atoms with Gasteiger partial charge in [0, 0.05) is 9.37 Å². The Bertz CT molecular complexity index is 667. The van der Waals surface area contributed by atoms with E-state index < -0.39 is 0 Å². The lowest BCUT2D eigenvalue weighted by molar-refractivity contribution is -0.119. The Kier molecular flexibility index (Phi) is 6.49. The van der Waals surface area contributed by atoms with Gasteiger partial charge in [-0.15, -0.1) is 23.1 Å². The molecule has 22 heavy (non-hydrogen) atoms. The van der Waals surface area contributed by atoms with Gasteiger partial charge in [0.1, 0.15) is 0 Å². The average molecular weight is 464 g/mol. The van der Waals surface area contributed by atoms with Crippen LogP contribution in [0.2, 0.25) is 0 Å². The minimum absolute atomic E-state index is 0.237. The molecular formula is C14H12Br2N2O2S2. The van der Waals surface area contributed by atoms with E-state index in [2.05, 4.69) is 42.7 Å². The Morgan fingerprint density at radius 3 is 2.45 bits per heavy atom. The molecule has 116 valence electrons. The summed E-state index contributed by atoms with van der Waals surface area (Å²) in [7, 11) is 0. The van der Waals surface area contributed by atoms with Gasteiger partial charge in [-0.3, -0.25) is 20.4 Å². The third-order valence-electron chi connectivity index (χ3n) is 2.58. The molecule has 0 saturated heterocycles. The number of amides is 2. The van der Waals surface area contributed by atoms with Crippen molar-refractivity contribution in [3.8, 4) is 0 Å². The Morgan fingerprint density at radius 2 is 1.86 bits per heavy atom. The highest BCUT2D eigenvalue weighted by atomic mass is 79.9. The Labute approximate surface area is 153 Å². The van der Waals surface area contributed by atoms with Crippen molar-refractivity contribution >= 4 is 66.8 Å². The van der Waals surface area contributed by atoms with E-state index >= 15 is 0 Å². The van der Waals surface area contributed by atoms with E-state index in [4.69, 9.17) is 0 Å². The van der Waals surface area contributed by atoms with Gasteiger partial charge in [-0.25, -0.2) is 0 Å². The van der Waals surface area contributed by atoms with Gasteiger partial charge in [0.25, 0.3) is 5.91 Å². The highest BCUT2D eigenvalue weighted by molar-refractivity contribution is 9.13. The second-order valence-corrected chi connectivity index (χ2v) is 8.61. The number of nitrogens with one attached hydrogen (secondary N) is 2. The third-order valence-corrected chi connectivity index (χ3v) is 6.84. The van der Waals surface area contributed by atoms with Crippen LogP contribution >= 0.6 is 55.0 Å². The van der Waals surface area contributed by atoms with Crippen LogP contribution in [0, 0.1) is 6.92 Å². The minimum Gasteiger partial charge on any atom is -0.272 e. The lowest BCUT2D eigenvalue weighted by Crippen LogP contribution is -2.42. The number of carbonyl (C=O) groups is 2. The topological polar surface area (TPSA) is 58.2 Å². The van der Waals surface area contributed by atoms with Crippen LogP contribution in [-0.4, -0.2) is 17.6 Å². The Morgan fingerprint density at radius 1 is 1.18 bits per heavy atom. The minimum atomic E-state index is -0.343. The van der Waals surface area contributed by atoms with Crippen molar-refractivity contribution < 1.29 is 9.59 Å². The van der Waals surface area contributed by atoms with Gasteiger partial charge >= 0.3 is 0 Å². The second-order valence-electron chi connectivity index (χ2n) is 4.34. The standard InChI is InChI=1S/C14H12Br2N2O2S2/c1-8-2-4-9(5-3-8)21-7-12(19)17-18-14(20)11-6-10(15)13(16)22-11/h2-6H,7H2,1H3,(H,17,19)(H,18,20). The molecule has 0 unspecified atom stereocenters. The molecule has 0 bridgehead atoms. The number of thiophene rings is 1. The summed E-state index contributed by atoms with van der Waals surface area (Å²) in [6.07, 6.45) is 0. The maximum atomic E-state index is 11.9. The molecule has 0 spiro atoms. The van der Waals surface area contributed by atoms with Crippen molar-refractivity contribution in [1.82, 2.24) is 10.9 Å². The zero-order valence-corrected chi connectivity index (χ0v) is 16.3. The molecule has 2 N–H and O–H groups in total. The molecule has 2 aromatic rings. The summed E-state index contributed by atoms with van der Waals surface area (Å²) in [6, 6.07) is 9.61. The van der Waals surface area contributed by atoms with Crippen molar-refractivity contribution in [1.29, 1.82) is 0 Å². The van der Waals surface area contributed by atoms with Gasteiger partial charge in [-0.1, -0.05) is 17.7 Å². The largest absolute Gasteiger partial charge is 0.279 e. The van der Waals surface area contributed by atoms with Crippen LogP contribution in [0.5, 0.6) is 0 Å². The monoisotopic (exact) mass is 462 g/mol. The zero-order valence-electron chi connectivity index (χ0n) is 11.5. The molecule has 2 amide bonds. The number of hydrogen-bond donors (Lipinski definition) is 2. The molecule has 0 atom stereocenters. The van der Waals surface area contributed by atoms with Gasteiger partial charge in [0.05, 0.1) is 14.4 Å². The fourth-order valence-corrected chi connectivity index (χ4v) is 4.10. The molecule has 2 rings (SSSR count). The maximum Gasteiger partial charge on any atom is 0.279 e. The quantitative estimate of drug-likeness (QED) is 0.529. The van der Waals surface area contributed by atoms with E-state index in [0.717, 1.165) is 13.2 Å². The average Bonchev–Trinajstić information content (AvgIpc) is 2.84. The third kappa shape index (κ3) is 5.12. The van der Waals surface area contributed by atoms with Crippen LogP contribution in [0.1, 0.15) is 15.2 Å². The first kappa shape index (κ1) is 17.5. The van der Waals surface area contributed by atoms with Gasteiger partial charge in [0.15, 0.2) is 0 Å². The number of benzene rings is 1. The van der Waals surface area contributed by atoms with Crippen LogP contribution in [0.15, 0.2) is 43.5 Å². The first-order valence-electron chi connectivity index (χ1n) is 6.19. The number of halogens is 2. The number of hydrazine groups is 1. The van der Waals surface area contributed by atoms with Crippen molar-refractivity contribution in [2.75, 3.05) is 5.75 Å². The first-order chi connectivity index (χ1) is 10.5. The van der Waals surface area contributed by atoms with E-state index in [1.807, 2.05) is 31.2 Å². The zero-order chi connectivity index (χ0) is 16.1. The van der Waals surface area contributed by atoms with E-state index in [9.17, 15) is 9.59 Å². The molecule has 1 heterocycles. The molecule has 8 heteroatoms. The molecule has 1 aromatic carbocycles.